The number of nitrogen functional groups attached to an aromatic ring is 1. The van der Waals surface area contributed by atoms with Gasteiger partial charge in [0.05, 0.1) is 11.8 Å². The summed E-state index contributed by atoms with van der Waals surface area (Å²) in [6.45, 7) is 9.25. The molecule has 2 aromatic rings. The highest BCUT2D eigenvalue weighted by atomic mass is 35.5. The first kappa shape index (κ1) is 20.3. The van der Waals surface area contributed by atoms with Crippen LogP contribution in [0, 0.1) is 6.92 Å². The predicted octanol–water partition coefficient (Wildman–Crippen LogP) is 5.08. The van der Waals surface area contributed by atoms with E-state index >= 15 is 0 Å². The van der Waals surface area contributed by atoms with Crippen molar-refractivity contribution in [2.24, 2.45) is 0 Å². The van der Waals surface area contributed by atoms with Crippen LogP contribution in [0.3, 0.4) is 0 Å². The van der Waals surface area contributed by atoms with Crippen molar-refractivity contribution < 1.29 is 4.74 Å². The Bertz CT molecular complexity index is 756. The van der Waals surface area contributed by atoms with Gasteiger partial charge in [-0.2, -0.15) is 0 Å². The number of hydrogen-bond donors (Lipinski definition) is 1. The minimum Gasteiger partial charge on any atom is -0.489 e. The highest BCUT2D eigenvalue weighted by Crippen LogP contribution is 2.33. The normalized spacial score (nSPS) is 14.7. The fraction of sp³-hybridized carbons (Fsp3) is 0.364. The molecule has 0 atom stereocenters. The van der Waals surface area contributed by atoms with Crippen molar-refractivity contribution in [3.63, 3.8) is 0 Å². The molecule has 1 aliphatic heterocycles. The van der Waals surface area contributed by atoms with Crippen LogP contribution in [0.5, 0.6) is 5.75 Å². The molecule has 4 heteroatoms. The Morgan fingerprint density at radius 3 is 2.50 bits per heavy atom. The SMILES string of the molecule is Cc1cc(N)c(OC(C)C)cc1C1=CCN(Cc2ccccc2)CC1.Cl. The predicted molar refractivity (Wildman–Crippen MR) is 113 cm³/mol. The number of ether oxygens (including phenoxy) is 1. The summed E-state index contributed by atoms with van der Waals surface area (Å²) >= 11 is 0. The van der Waals surface area contributed by atoms with Gasteiger partial charge in [-0.1, -0.05) is 36.4 Å². The summed E-state index contributed by atoms with van der Waals surface area (Å²) < 4.78 is 5.87. The standard InChI is InChI=1S/C22H28N2O.ClH/c1-16(2)25-22-14-20(17(3)13-21(22)23)19-9-11-24(12-10-19)15-18-7-5-4-6-8-18;/h4-9,13-14,16H,10-12,15,23H2,1-3H3;1H. The van der Waals surface area contributed by atoms with Gasteiger partial charge < -0.3 is 10.5 Å². The molecule has 0 radical (unpaired) electrons. The van der Waals surface area contributed by atoms with E-state index < -0.39 is 0 Å². The number of hydrogen-bond acceptors (Lipinski definition) is 3. The second-order valence-corrected chi connectivity index (χ2v) is 7.07. The summed E-state index contributed by atoms with van der Waals surface area (Å²) in [6.07, 6.45) is 3.53. The van der Waals surface area contributed by atoms with Gasteiger partial charge in [-0.15, -0.1) is 12.4 Å². The minimum absolute atomic E-state index is 0. The number of rotatable bonds is 5. The van der Waals surface area contributed by atoms with E-state index in [0.29, 0.717) is 0 Å². The maximum absolute atomic E-state index is 6.12. The first-order valence-corrected chi connectivity index (χ1v) is 9.05. The molecule has 0 saturated heterocycles. The number of nitrogens with two attached hydrogens (primary N) is 1. The van der Waals surface area contributed by atoms with Crippen LogP contribution in [0.25, 0.3) is 5.57 Å². The number of benzene rings is 2. The lowest BCUT2D eigenvalue weighted by molar-refractivity contribution is 0.243. The lowest BCUT2D eigenvalue weighted by Crippen LogP contribution is -2.28. The van der Waals surface area contributed by atoms with Crippen molar-refractivity contribution in [3.8, 4) is 5.75 Å². The van der Waals surface area contributed by atoms with Crippen molar-refractivity contribution in [2.75, 3.05) is 18.8 Å². The Morgan fingerprint density at radius 2 is 1.88 bits per heavy atom. The molecule has 0 aromatic heterocycles. The Morgan fingerprint density at radius 1 is 1.15 bits per heavy atom. The van der Waals surface area contributed by atoms with Gasteiger partial charge in [-0.05, 0) is 61.6 Å². The molecule has 0 fully saturated rings. The highest BCUT2D eigenvalue weighted by molar-refractivity contribution is 5.85. The molecule has 0 saturated carbocycles. The van der Waals surface area contributed by atoms with Crippen LogP contribution in [-0.2, 0) is 6.54 Å². The zero-order valence-corrected chi connectivity index (χ0v) is 16.7. The zero-order valence-electron chi connectivity index (χ0n) is 15.9. The Hall–Kier alpha value is -1.97. The molecule has 26 heavy (non-hydrogen) atoms. The Kier molecular flexibility index (Phi) is 7.13. The second-order valence-electron chi connectivity index (χ2n) is 7.07. The summed E-state index contributed by atoms with van der Waals surface area (Å²) in [5, 5.41) is 0. The van der Waals surface area contributed by atoms with E-state index in [1.807, 2.05) is 19.9 Å². The number of nitrogens with zero attached hydrogens (tertiary/aromatic N) is 1. The fourth-order valence-corrected chi connectivity index (χ4v) is 3.35. The third kappa shape index (κ3) is 5.03. The quantitative estimate of drug-likeness (QED) is 0.744. The molecule has 3 rings (SSSR count). The van der Waals surface area contributed by atoms with Crippen molar-refractivity contribution in [3.05, 3.63) is 65.2 Å². The molecule has 1 heterocycles. The van der Waals surface area contributed by atoms with Gasteiger partial charge in [-0.3, -0.25) is 4.90 Å². The van der Waals surface area contributed by atoms with Crippen LogP contribution in [-0.4, -0.2) is 24.1 Å². The van der Waals surface area contributed by atoms with Crippen LogP contribution in [0.4, 0.5) is 5.69 Å². The molecule has 2 aromatic carbocycles. The topological polar surface area (TPSA) is 38.5 Å². The third-order valence-electron chi connectivity index (χ3n) is 4.61. The summed E-state index contributed by atoms with van der Waals surface area (Å²) in [5.41, 5.74) is 12.1. The molecule has 0 aliphatic carbocycles. The van der Waals surface area contributed by atoms with Gasteiger partial charge >= 0.3 is 0 Å². The lowest BCUT2D eigenvalue weighted by atomic mass is 9.94. The van der Waals surface area contributed by atoms with E-state index in [1.54, 1.807) is 0 Å². The van der Waals surface area contributed by atoms with E-state index in [4.69, 9.17) is 10.5 Å². The van der Waals surface area contributed by atoms with Crippen LogP contribution in [0.15, 0.2) is 48.5 Å². The Balaban J connectivity index is 0.00000243. The second kappa shape index (κ2) is 9.11. The molecule has 0 unspecified atom stereocenters. The largest absolute Gasteiger partial charge is 0.489 e. The first-order chi connectivity index (χ1) is 12.0. The molecule has 0 bridgehead atoms. The highest BCUT2D eigenvalue weighted by Gasteiger charge is 2.16. The molecule has 0 amide bonds. The lowest BCUT2D eigenvalue weighted by Gasteiger charge is -2.27. The molecular formula is C22H29ClN2O. The van der Waals surface area contributed by atoms with Crippen LogP contribution < -0.4 is 10.5 Å². The van der Waals surface area contributed by atoms with Gasteiger partial charge in [0.1, 0.15) is 5.75 Å². The van der Waals surface area contributed by atoms with E-state index in [-0.39, 0.29) is 18.5 Å². The molecule has 3 nitrogen and oxygen atoms in total. The van der Waals surface area contributed by atoms with E-state index in [0.717, 1.165) is 37.5 Å². The van der Waals surface area contributed by atoms with Crippen molar-refractivity contribution in [2.45, 2.75) is 39.8 Å². The summed E-state index contributed by atoms with van der Waals surface area (Å²) in [6, 6.07) is 14.8. The molecule has 2 N–H and O–H groups in total. The first-order valence-electron chi connectivity index (χ1n) is 9.05. The summed E-state index contributed by atoms with van der Waals surface area (Å²) in [4.78, 5) is 2.48. The van der Waals surface area contributed by atoms with Crippen LogP contribution in [0.2, 0.25) is 0 Å². The molecule has 140 valence electrons. The molecular weight excluding hydrogens is 344 g/mol. The monoisotopic (exact) mass is 372 g/mol. The number of aryl methyl sites for hydroxylation is 1. The maximum Gasteiger partial charge on any atom is 0.143 e. The number of halogens is 1. The van der Waals surface area contributed by atoms with Gasteiger partial charge in [-0.25, -0.2) is 0 Å². The van der Waals surface area contributed by atoms with Gasteiger partial charge in [0.15, 0.2) is 0 Å². The van der Waals surface area contributed by atoms with Gasteiger partial charge in [0, 0.05) is 19.6 Å². The van der Waals surface area contributed by atoms with Crippen LogP contribution >= 0.6 is 12.4 Å². The minimum atomic E-state index is 0. The van der Waals surface area contributed by atoms with Gasteiger partial charge in [0.2, 0.25) is 0 Å². The average molecular weight is 373 g/mol. The smallest absolute Gasteiger partial charge is 0.143 e. The number of anilines is 1. The van der Waals surface area contributed by atoms with Crippen molar-refractivity contribution >= 4 is 23.7 Å². The summed E-state index contributed by atoms with van der Waals surface area (Å²) in [7, 11) is 0. The van der Waals surface area contributed by atoms with E-state index in [1.165, 1.54) is 22.3 Å². The summed E-state index contributed by atoms with van der Waals surface area (Å²) in [5.74, 6) is 0.795. The maximum atomic E-state index is 6.12. The molecule has 0 spiro atoms. The van der Waals surface area contributed by atoms with Crippen molar-refractivity contribution in [1.29, 1.82) is 0 Å². The molecule has 1 aliphatic rings. The fourth-order valence-electron chi connectivity index (χ4n) is 3.35. The van der Waals surface area contributed by atoms with E-state index in [9.17, 15) is 0 Å². The average Bonchev–Trinajstić information content (AvgIpc) is 2.59. The Labute approximate surface area is 163 Å². The zero-order chi connectivity index (χ0) is 17.8. The third-order valence-corrected chi connectivity index (χ3v) is 4.61. The van der Waals surface area contributed by atoms with Crippen molar-refractivity contribution in [1.82, 2.24) is 4.90 Å². The van der Waals surface area contributed by atoms with E-state index in [2.05, 4.69) is 54.3 Å². The van der Waals surface area contributed by atoms with Gasteiger partial charge in [0.25, 0.3) is 0 Å². The van der Waals surface area contributed by atoms with Crippen LogP contribution in [0.1, 0.15) is 37.0 Å².